The molecule has 3 heterocycles. The zero-order valence-corrected chi connectivity index (χ0v) is 40.9. The van der Waals surface area contributed by atoms with Gasteiger partial charge in [0.05, 0.1) is 24.7 Å². The minimum atomic E-state index is -1.58. The van der Waals surface area contributed by atoms with Crippen molar-refractivity contribution in [3.05, 3.63) is 84.1 Å². The highest BCUT2D eigenvalue weighted by atomic mass is 32.1. The molecule has 71 heavy (non-hydrogen) atoms. The third kappa shape index (κ3) is 15.3. The van der Waals surface area contributed by atoms with Gasteiger partial charge in [0.2, 0.25) is 41.4 Å². The Kier molecular flexibility index (Phi) is 19.9. The molecule has 7 amide bonds. The number of aromatic amines is 2. The number of fused-ring (bicyclic) bond motifs is 1. The summed E-state index contributed by atoms with van der Waals surface area (Å²) in [6, 6.07) is 2.98. The van der Waals surface area contributed by atoms with Crippen LogP contribution in [0.5, 0.6) is 5.75 Å². The van der Waals surface area contributed by atoms with E-state index in [1.807, 2.05) is 32.0 Å². The van der Waals surface area contributed by atoms with Crippen LogP contribution in [0.25, 0.3) is 10.9 Å². The number of phenols is 1. The van der Waals surface area contributed by atoms with Gasteiger partial charge >= 0.3 is 5.97 Å². The van der Waals surface area contributed by atoms with Crippen LogP contribution in [-0.4, -0.2) is 150 Å². The van der Waals surface area contributed by atoms with Gasteiger partial charge in [-0.25, -0.2) is 9.78 Å². The topological polar surface area (TPSA) is 343 Å². The summed E-state index contributed by atoms with van der Waals surface area (Å²) < 4.78 is 0. The van der Waals surface area contributed by atoms with Gasteiger partial charge < -0.3 is 67.8 Å². The van der Waals surface area contributed by atoms with Gasteiger partial charge in [-0.05, 0) is 60.4 Å². The average Bonchev–Trinajstić information content (AvgIpc) is 4.13. The molecule has 1 saturated heterocycles. The quantitative estimate of drug-likeness (QED) is 0.0375. The van der Waals surface area contributed by atoms with Gasteiger partial charge in [-0.3, -0.25) is 33.6 Å². The lowest BCUT2D eigenvalue weighted by molar-refractivity contribution is -0.144. The summed E-state index contributed by atoms with van der Waals surface area (Å²) in [6.45, 7) is 6.12. The molecule has 2 aromatic heterocycles. The molecule has 5 rings (SSSR count). The number of nitrogens with one attached hydrogen (secondary N) is 8. The van der Waals surface area contributed by atoms with E-state index in [9.17, 15) is 53.7 Å². The number of aromatic nitrogens is 3. The van der Waals surface area contributed by atoms with Crippen molar-refractivity contribution in [1.29, 1.82) is 0 Å². The van der Waals surface area contributed by atoms with Gasteiger partial charge in [0.15, 0.2) is 0 Å². The number of aliphatic hydroxyl groups is 1. The van der Waals surface area contributed by atoms with Crippen molar-refractivity contribution < 1.29 is 53.7 Å². The maximum atomic E-state index is 14.2. The Labute approximate surface area is 415 Å². The lowest BCUT2D eigenvalue weighted by atomic mass is 9.99. The zero-order valence-electron chi connectivity index (χ0n) is 40.0. The van der Waals surface area contributed by atoms with E-state index >= 15 is 0 Å². The number of hydrogen-bond acceptors (Lipinski definition) is 13. The molecule has 22 nitrogen and oxygen atoms in total. The molecule has 1 aliphatic heterocycles. The highest BCUT2D eigenvalue weighted by molar-refractivity contribution is 7.80. The molecular weight excluding hydrogens is 939 g/mol. The number of benzene rings is 2. The summed E-state index contributed by atoms with van der Waals surface area (Å²) >= 11 is 4.04. The fourth-order valence-corrected chi connectivity index (χ4v) is 8.49. The minimum Gasteiger partial charge on any atom is -0.508 e. The predicted molar refractivity (Wildman–Crippen MR) is 263 cm³/mol. The van der Waals surface area contributed by atoms with E-state index in [0.717, 1.165) is 10.9 Å². The molecule has 0 radical (unpaired) electrons. The zero-order chi connectivity index (χ0) is 51.9. The number of likely N-dealkylation sites (tertiary alicyclic amines) is 1. The van der Waals surface area contributed by atoms with Crippen LogP contribution in [0, 0.1) is 11.8 Å². The van der Waals surface area contributed by atoms with Crippen LogP contribution in [0.15, 0.2) is 67.3 Å². The predicted octanol–water partition coefficient (Wildman–Crippen LogP) is -0.440. The van der Waals surface area contributed by atoms with E-state index < -0.39 is 108 Å². The second-order valence-corrected chi connectivity index (χ2v) is 18.7. The number of H-pyrrole nitrogens is 2. The van der Waals surface area contributed by atoms with Gasteiger partial charge in [-0.15, -0.1) is 0 Å². The first-order valence-corrected chi connectivity index (χ1v) is 24.1. The Morgan fingerprint density at radius 3 is 2.04 bits per heavy atom. The number of thiol groups is 1. The second kappa shape index (κ2) is 25.8. The number of aliphatic carboxylic acids is 1. The number of nitrogens with two attached hydrogens (primary N) is 1. The summed E-state index contributed by atoms with van der Waals surface area (Å²) in [6.07, 6.45) is 5.35. The van der Waals surface area contributed by atoms with E-state index in [1.165, 1.54) is 23.4 Å². The summed E-state index contributed by atoms with van der Waals surface area (Å²) in [5.74, 6) is -7.61. The highest BCUT2D eigenvalue weighted by Crippen LogP contribution is 2.22. The van der Waals surface area contributed by atoms with Crippen molar-refractivity contribution in [2.45, 2.75) is 115 Å². The number of carbonyl (C=O) groups is 8. The van der Waals surface area contributed by atoms with Gasteiger partial charge in [0, 0.05) is 54.9 Å². The molecule has 23 heteroatoms. The van der Waals surface area contributed by atoms with Crippen molar-refractivity contribution in [2.75, 3.05) is 18.9 Å². The Hall–Kier alpha value is -6.98. The summed E-state index contributed by atoms with van der Waals surface area (Å²) in [4.78, 5) is 120. The Bertz CT molecular complexity index is 2480. The van der Waals surface area contributed by atoms with Crippen LogP contribution in [0.2, 0.25) is 0 Å². The smallest absolute Gasteiger partial charge is 0.327 e. The molecule has 4 aromatic rings. The molecule has 1 aliphatic rings. The fraction of sp³-hybridized carbons (Fsp3) is 0.479. The van der Waals surface area contributed by atoms with Gasteiger partial charge in [-0.1, -0.05) is 58.0 Å². The molecule has 0 saturated carbocycles. The first kappa shape index (κ1) is 55.0. The molecular formula is C48H65N11O11S. The highest BCUT2D eigenvalue weighted by Gasteiger charge is 2.40. The molecule has 2 aromatic carbocycles. The third-order valence-electron chi connectivity index (χ3n) is 12.1. The number of carbonyl (C=O) groups excluding carboxylic acids is 7. The van der Waals surface area contributed by atoms with Crippen LogP contribution in [-0.2, 0) is 57.6 Å². The first-order chi connectivity index (χ1) is 33.8. The number of imidazole rings is 1. The first-order valence-electron chi connectivity index (χ1n) is 23.4. The summed E-state index contributed by atoms with van der Waals surface area (Å²) in [5, 5.41) is 46.6. The third-order valence-corrected chi connectivity index (χ3v) is 12.4. The number of carboxylic acids is 1. The summed E-state index contributed by atoms with van der Waals surface area (Å²) in [5.41, 5.74) is 8.66. The number of amides is 7. The largest absolute Gasteiger partial charge is 0.508 e. The molecule has 0 unspecified atom stereocenters. The molecule has 0 spiro atoms. The number of hydrogen-bond donors (Lipinski definition) is 13. The number of rotatable bonds is 25. The number of carboxylic acid groups (broad SMARTS) is 1. The van der Waals surface area contributed by atoms with Crippen LogP contribution < -0.4 is 37.6 Å². The number of aliphatic hydroxyl groups excluding tert-OH is 1. The molecule has 384 valence electrons. The number of para-hydroxylation sites is 1. The van der Waals surface area contributed by atoms with Crippen LogP contribution in [0.4, 0.5) is 0 Å². The van der Waals surface area contributed by atoms with Gasteiger partial charge in [0.1, 0.15) is 48.0 Å². The van der Waals surface area contributed by atoms with Gasteiger partial charge in [-0.2, -0.15) is 12.6 Å². The van der Waals surface area contributed by atoms with E-state index in [2.05, 4.69) is 59.5 Å². The minimum absolute atomic E-state index is 0.0382. The normalized spacial score (nSPS) is 16.5. The lowest BCUT2D eigenvalue weighted by Gasteiger charge is -2.31. The fourth-order valence-electron chi connectivity index (χ4n) is 8.25. The van der Waals surface area contributed by atoms with Crippen molar-refractivity contribution in [2.24, 2.45) is 17.6 Å². The Balaban J connectivity index is 1.30. The number of aromatic hydroxyl groups is 1. The molecule has 1 fully saturated rings. The van der Waals surface area contributed by atoms with Crippen LogP contribution in [0.1, 0.15) is 63.8 Å². The maximum Gasteiger partial charge on any atom is 0.327 e. The standard InChI is InChI=1S/C48H65N11O11S/c1-25(2)16-34(53-41(62)32(49)19-29-21-50-24-52-29)42(63)54-35(17-27-11-13-30(61)14-12-27)44(65)58-40(26(3)4)46(67)56-37(22-60)47(68)59-15-7-10-39(59)45(66)55-36(43(64)57-38(23-71)48(69)70)18-28-20-51-33-9-6-5-8-31(28)33/h5-6,8-9,11-14,20-21,24-26,32,34-40,51,60-61,71H,7,10,15-19,22-23,49H2,1-4H3,(H,50,52)(H,53,62)(H,54,63)(H,55,66)(H,56,67)(H,57,64)(H,58,65)(H,69,70)/t32-,34-,35-,36-,37-,38-,39-,40-/m0/s1. The van der Waals surface area contributed by atoms with Gasteiger partial charge in [0.25, 0.3) is 0 Å². The van der Waals surface area contributed by atoms with E-state index in [0.29, 0.717) is 23.2 Å². The molecule has 8 atom stereocenters. The summed E-state index contributed by atoms with van der Waals surface area (Å²) in [7, 11) is 0. The Morgan fingerprint density at radius 2 is 1.41 bits per heavy atom. The Morgan fingerprint density at radius 1 is 0.775 bits per heavy atom. The van der Waals surface area contributed by atoms with Crippen molar-refractivity contribution in [1.82, 2.24) is 51.8 Å². The van der Waals surface area contributed by atoms with Crippen LogP contribution >= 0.6 is 12.6 Å². The van der Waals surface area contributed by atoms with Crippen molar-refractivity contribution >= 4 is 70.9 Å². The van der Waals surface area contributed by atoms with E-state index in [1.54, 1.807) is 44.4 Å². The van der Waals surface area contributed by atoms with Crippen molar-refractivity contribution in [3.63, 3.8) is 0 Å². The number of nitrogens with zero attached hydrogens (tertiary/aromatic N) is 2. The monoisotopic (exact) mass is 1000 g/mol. The average molecular weight is 1000 g/mol. The van der Waals surface area contributed by atoms with Crippen molar-refractivity contribution in [3.8, 4) is 5.75 Å². The maximum absolute atomic E-state index is 14.2. The molecule has 0 bridgehead atoms. The van der Waals surface area contributed by atoms with Crippen LogP contribution in [0.3, 0.4) is 0 Å². The molecule has 0 aliphatic carbocycles. The van der Waals surface area contributed by atoms with E-state index in [-0.39, 0.29) is 56.1 Å². The number of phenolic OH excluding ortho intramolecular Hbond substituents is 1. The second-order valence-electron chi connectivity index (χ2n) is 18.4. The van der Waals surface area contributed by atoms with E-state index in [4.69, 9.17) is 5.73 Å². The SMILES string of the molecule is CC(C)C[C@H](NC(=O)[C@@H](N)Cc1c[nH]cn1)C(=O)N[C@@H](Cc1ccc(O)cc1)C(=O)N[C@H](C(=O)N[C@@H](CO)C(=O)N1CCC[C@H]1C(=O)N[C@@H](Cc1c[nH]c2ccccc12)C(=O)N[C@@H](CS)C(=O)O)C(C)C. The molecule has 13 N–H and O–H groups in total. The lowest BCUT2D eigenvalue weighted by Crippen LogP contribution is -2.61.